The van der Waals surface area contributed by atoms with Crippen LogP contribution >= 0.6 is 0 Å². The van der Waals surface area contributed by atoms with Crippen molar-refractivity contribution in [3.05, 3.63) is 29.3 Å². The number of hydrogen-bond acceptors (Lipinski definition) is 4. The van der Waals surface area contributed by atoms with Gasteiger partial charge in [-0.05, 0) is 50.6 Å². The highest BCUT2D eigenvalue weighted by Crippen LogP contribution is 2.17. The molecule has 5 heteroatoms. The van der Waals surface area contributed by atoms with Gasteiger partial charge in [0.05, 0.1) is 12.7 Å². The van der Waals surface area contributed by atoms with Crippen LogP contribution in [0.3, 0.4) is 0 Å². The van der Waals surface area contributed by atoms with Gasteiger partial charge in [-0.1, -0.05) is 6.07 Å². The number of phenolic OH excluding ortho intramolecular Hbond substituents is 1. The molecule has 1 fully saturated rings. The lowest BCUT2D eigenvalue weighted by molar-refractivity contribution is 0.0343. The van der Waals surface area contributed by atoms with E-state index in [0.717, 1.165) is 31.5 Å². The molecule has 0 unspecified atom stereocenters. The van der Waals surface area contributed by atoms with Crippen LogP contribution in [0.15, 0.2) is 18.2 Å². The van der Waals surface area contributed by atoms with Gasteiger partial charge in [-0.15, -0.1) is 0 Å². The van der Waals surface area contributed by atoms with Gasteiger partial charge in [0.1, 0.15) is 5.75 Å². The molecule has 0 aromatic heterocycles. The van der Waals surface area contributed by atoms with Crippen molar-refractivity contribution >= 4 is 5.91 Å². The van der Waals surface area contributed by atoms with E-state index >= 15 is 0 Å². The fourth-order valence-corrected chi connectivity index (χ4v) is 2.20. The molecular weight excluding hydrogens is 256 g/mol. The topological polar surface area (TPSA) is 70.6 Å². The van der Waals surface area contributed by atoms with E-state index in [2.05, 4.69) is 10.6 Å². The molecular formula is C15H22N2O3. The van der Waals surface area contributed by atoms with E-state index < -0.39 is 0 Å². The van der Waals surface area contributed by atoms with E-state index in [4.69, 9.17) is 4.74 Å². The monoisotopic (exact) mass is 278 g/mol. The fourth-order valence-electron chi connectivity index (χ4n) is 2.20. The largest absolute Gasteiger partial charge is 0.508 e. The zero-order chi connectivity index (χ0) is 14.4. The van der Waals surface area contributed by atoms with Crippen LogP contribution in [0, 0.1) is 6.92 Å². The summed E-state index contributed by atoms with van der Waals surface area (Å²) in [7, 11) is 0. The van der Waals surface area contributed by atoms with Crippen molar-refractivity contribution in [3.8, 4) is 5.75 Å². The Morgan fingerprint density at radius 3 is 2.90 bits per heavy atom. The van der Waals surface area contributed by atoms with Gasteiger partial charge in [0, 0.05) is 12.1 Å². The SMILES string of the molecule is Cc1ccc(C(=O)NCCOC2CCNCC2)cc1O. The molecule has 0 saturated carbocycles. The summed E-state index contributed by atoms with van der Waals surface area (Å²) in [4.78, 5) is 11.9. The zero-order valence-corrected chi connectivity index (χ0v) is 11.8. The second kappa shape index (κ2) is 7.26. The zero-order valence-electron chi connectivity index (χ0n) is 11.8. The normalized spacial score (nSPS) is 16.1. The molecule has 0 aliphatic carbocycles. The van der Waals surface area contributed by atoms with Crippen LogP contribution in [0.5, 0.6) is 5.75 Å². The molecule has 1 aliphatic heterocycles. The summed E-state index contributed by atoms with van der Waals surface area (Å²) in [5, 5.41) is 15.7. The maximum Gasteiger partial charge on any atom is 0.251 e. The standard InChI is InChI=1S/C15H22N2O3/c1-11-2-3-12(10-14(11)18)15(19)17-8-9-20-13-4-6-16-7-5-13/h2-3,10,13,16,18H,4-9H2,1H3,(H,17,19). The maximum atomic E-state index is 11.9. The number of hydrogen-bond donors (Lipinski definition) is 3. The molecule has 3 N–H and O–H groups in total. The predicted octanol–water partition coefficient (Wildman–Crippen LogP) is 1.20. The summed E-state index contributed by atoms with van der Waals surface area (Å²) in [5.41, 5.74) is 1.23. The van der Waals surface area contributed by atoms with E-state index in [-0.39, 0.29) is 11.7 Å². The van der Waals surface area contributed by atoms with Crippen molar-refractivity contribution in [1.82, 2.24) is 10.6 Å². The van der Waals surface area contributed by atoms with Crippen LogP contribution in [-0.4, -0.2) is 43.4 Å². The van der Waals surface area contributed by atoms with E-state index in [0.29, 0.717) is 24.8 Å². The van der Waals surface area contributed by atoms with Crippen molar-refractivity contribution in [3.63, 3.8) is 0 Å². The van der Waals surface area contributed by atoms with Crippen molar-refractivity contribution in [2.24, 2.45) is 0 Å². The van der Waals surface area contributed by atoms with Crippen molar-refractivity contribution in [1.29, 1.82) is 0 Å². The molecule has 1 aromatic carbocycles. The number of carbonyl (C=O) groups excluding carboxylic acids is 1. The number of carbonyl (C=O) groups is 1. The van der Waals surface area contributed by atoms with Crippen LogP contribution < -0.4 is 10.6 Å². The minimum absolute atomic E-state index is 0.142. The van der Waals surface area contributed by atoms with E-state index in [9.17, 15) is 9.90 Å². The molecule has 20 heavy (non-hydrogen) atoms. The Bertz CT molecular complexity index is 456. The predicted molar refractivity (Wildman–Crippen MR) is 77.0 cm³/mol. The highest BCUT2D eigenvalue weighted by molar-refractivity contribution is 5.94. The summed E-state index contributed by atoms with van der Waals surface area (Å²) in [5.74, 6) is -0.0437. The van der Waals surface area contributed by atoms with Crippen molar-refractivity contribution in [2.75, 3.05) is 26.2 Å². The van der Waals surface area contributed by atoms with Crippen LogP contribution in [0.4, 0.5) is 0 Å². The van der Waals surface area contributed by atoms with Gasteiger partial charge in [0.2, 0.25) is 0 Å². The third-order valence-corrected chi connectivity index (χ3v) is 3.50. The molecule has 0 spiro atoms. The molecule has 1 amide bonds. The molecule has 0 bridgehead atoms. The Hall–Kier alpha value is -1.59. The Kier molecular flexibility index (Phi) is 5.38. The number of aryl methyl sites for hydroxylation is 1. The quantitative estimate of drug-likeness (QED) is 0.708. The first kappa shape index (κ1) is 14.8. The highest BCUT2D eigenvalue weighted by Gasteiger charge is 2.13. The average molecular weight is 278 g/mol. The first-order valence-electron chi connectivity index (χ1n) is 7.07. The lowest BCUT2D eigenvalue weighted by Gasteiger charge is -2.22. The Balaban J connectivity index is 1.70. The lowest BCUT2D eigenvalue weighted by Crippen LogP contribution is -2.34. The summed E-state index contributed by atoms with van der Waals surface area (Å²) >= 11 is 0. The molecule has 2 rings (SSSR count). The minimum atomic E-state index is -0.186. The van der Waals surface area contributed by atoms with Crippen LogP contribution in [0.25, 0.3) is 0 Å². The first-order valence-corrected chi connectivity index (χ1v) is 7.07. The third kappa shape index (κ3) is 4.21. The molecule has 1 heterocycles. The highest BCUT2D eigenvalue weighted by atomic mass is 16.5. The second-order valence-electron chi connectivity index (χ2n) is 5.08. The first-order chi connectivity index (χ1) is 9.66. The van der Waals surface area contributed by atoms with Crippen LogP contribution in [-0.2, 0) is 4.74 Å². The van der Waals surface area contributed by atoms with Gasteiger partial charge in [0.25, 0.3) is 5.91 Å². The second-order valence-corrected chi connectivity index (χ2v) is 5.08. The van der Waals surface area contributed by atoms with Crippen molar-refractivity contribution in [2.45, 2.75) is 25.9 Å². The number of amides is 1. The summed E-state index contributed by atoms with van der Waals surface area (Å²) < 4.78 is 5.71. The number of piperidine rings is 1. The molecule has 110 valence electrons. The van der Waals surface area contributed by atoms with Gasteiger partial charge in [-0.25, -0.2) is 0 Å². The molecule has 1 aliphatic rings. The van der Waals surface area contributed by atoms with Crippen LogP contribution in [0.1, 0.15) is 28.8 Å². The van der Waals surface area contributed by atoms with Gasteiger partial charge >= 0.3 is 0 Å². The number of ether oxygens (including phenoxy) is 1. The summed E-state index contributed by atoms with van der Waals surface area (Å²) in [6.07, 6.45) is 2.36. The van der Waals surface area contributed by atoms with Crippen molar-refractivity contribution < 1.29 is 14.6 Å². The Morgan fingerprint density at radius 2 is 2.20 bits per heavy atom. The van der Waals surface area contributed by atoms with Crippen LogP contribution in [0.2, 0.25) is 0 Å². The maximum absolute atomic E-state index is 11.9. The smallest absolute Gasteiger partial charge is 0.251 e. The number of phenols is 1. The number of nitrogens with one attached hydrogen (secondary N) is 2. The molecule has 5 nitrogen and oxygen atoms in total. The van der Waals surface area contributed by atoms with Gasteiger partial charge in [0.15, 0.2) is 0 Å². The van der Waals surface area contributed by atoms with Gasteiger partial charge in [-0.3, -0.25) is 4.79 Å². The van der Waals surface area contributed by atoms with E-state index in [1.54, 1.807) is 19.1 Å². The number of benzene rings is 1. The Labute approximate surface area is 119 Å². The summed E-state index contributed by atoms with van der Waals surface area (Å²) in [6.45, 7) is 4.80. The molecule has 1 aromatic rings. The average Bonchev–Trinajstić information content (AvgIpc) is 2.47. The van der Waals surface area contributed by atoms with Gasteiger partial charge < -0.3 is 20.5 Å². The molecule has 1 saturated heterocycles. The third-order valence-electron chi connectivity index (χ3n) is 3.50. The summed E-state index contributed by atoms with van der Waals surface area (Å²) in [6, 6.07) is 4.92. The molecule has 0 atom stereocenters. The lowest BCUT2D eigenvalue weighted by atomic mass is 10.1. The van der Waals surface area contributed by atoms with E-state index in [1.807, 2.05) is 0 Å². The molecule has 0 radical (unpaired) electrons. The Morgan fingerprint density at radius 1 is 1.45 bits per heavy atom. The van der Waals surface area contributed by atoms with E-state index in [1.165, 1.54) is 6.07 Å². The fraction of sp³-hybridized carbons (Fsp3) is 0.533. The minimum Gasteiger partial charge on any atom is -0.508 e. The number of rotatable bonds is 5. The van der Waals surface area contributed by atoms with Gasteiger partial charge in [-0.2, -0.15) is 0 Å². The number of aromatic hydroxyl groups is 1.